The molecular formula is C14H15O3P. The van der Waals surface area contributed by atoms with E-state index in [-0.39, 0.29) is 5.75 Å². The predicted molar refractivity (Wildman–Crippen MR) is 73.0 cm³/mol. The van der Waals surface area contributed by atoms with Crippen LogP contribution in [0, 0.1) is 0 Å². The molecule has 1 N–H and O–H groups in total. The molecular weight excluding hydrogens is 247 g/mol. The molecule has 1 unspecified atom stereocenters. The number of phenolic OH excluding ortho intramolecular Hbond substituents is 1. The highest BCUT2D eigenvalue weighted by Crippen LogP contribution is 2.46. The fourth-order valence-corrected chi connectivity index (χ4v) is 3.96. The van der Waals surface area contributed by atoms with Crippen LogP contribution >= 0.6 is 7.37 Å². The third-order valence-corrected chi connectivity index (χ3v) is 5.22. The lowest BCUT2D eigenvalue weighted by atomic mass is 10.3. The highest BCUT2D eigenvalue weighted by Gasteiger charge is 2.30. The summed E-state index contributed by atoms with van der Waals surface area (Å²) in [6.45, 7) is 2.11. The Morgan fingerprint density at radius 3 is 2.28 bits per heavy atom. The van der Waals surface area contributed by atoms with Gasteiger partial charge < -0.3 is 9.63 Å². The first-order valence-electron chi connectivity index (χ1n) is 5.77. The Hall–Kier alpha value is -1.57. The van der Waals surface area contributed by atoms with Crippen LogP contribution < -0.4 is 10.6 Å². The smallest absolute Gasteiger partial charge is 0.264 e. The Kier molecular flexibility index (Phi) is 3.85. The summed E-state index contributed by atoms with van der Waals surface area (Å²) in [4.78, 5) is 0. The first-order chi connectivity index (χ1) is 8.68. The molecule has 0 amide bonds. The van der Waals surface area contributed by atoms with E-state index in [2.05, 4.69) is 0 Å². The van der Waals surface area contributed by atoms with Gasteiger partial charge in [-0.15, -0.1) is 0 Å². The predicted octanol–water partition coefficient (Wildman–Crippen LogP) is 2.66. The molecule has 2 aromatic rings. The molecule has 94 valence electrons. The number of phenols is 1. The van der Waals surface area contributed by atoms with Crippen molar-refractivity contribution in [2.75, 3.05) is 6.61 Å². The van der Waals surface area contributed by atoms with Crippen molar-refractivity contribution in [2.24, 2.45) is 0 Å². The molecule has 0 aromatic heterocycles. The largest absolute Gasteiger partial charge is 0.507 e. The molecule has 0 fully saturated rings. The summed E-state index contributed by atoms with van der Waals surface area (Å²) in [6.07, 6.45) is 0. The Labute approximate surface area is 107 Å². The van der Waals surface area contributed by atoms with Crippen molar-refractivity contribution in [1.82, 2.24) is 0 Å². The van der Waals surface area contributed by atoms with E-state index in [1.807, 2.05) is 6.07 Å². The molecule has 0 saturated carbocycles. The van der Waals surface area contributed by atoms with Gasteiger partial charge in [-0.25, -0.2) is 0 Å². The van der Waals surface area contributed by atoms with Crippen molar-refractivity contribution in [3.8, 4) is 5.75 Å². The van der Waals surface area contributed by atoms with E-state index in [0.717, 1.165) is 0 Å². The van der Waals surface area contributed by atoms with Crippen molar-refractivity contribution >= 4 is 18.0 Å². The molecule has 0 saturated heterocycles. The van der Waals surface area contributed by atoms with Gasteiger partial charge in [-0.05, 0) is 31.2 Å². The maximum atomic E-state index is 13.1. The number of rotatable bonds is 4. The zero-order valence-electron chi connectivity index (χ0n) is 10.1. The Morgan fingerprint density at radius 2 is 1.67 bits per heavy atom. The van der Waals surface area contributed by atoms with Crippen molar-refractivity contribution in [3.05, 3.63) is 54.6 Å². The fraction of sp³-hybridized carbons (Fsp3) is 0.143. The standard InChI is InChI=1S/C14H15O3P/c1-2-17-18(16,12-8-4-3-5-9-12)14-11-7-6-10-13(14)15/h3-11,15H,2H2,1H3. The first-order valence-corrected chi connectivity index (χ1v) is 7.39. The summed E-state index contributed by atoms with van der Waals surface area (Å²) in [7, 11) is -3.21. The van der Waals surface area contributed by atoms with Gasteiger partial charge in [0.1, 0.15) is 5.75 Å². The van der Waals surface area contributed by atoms with Gasteiger partial charge in [-0.1, -0.05) is 30.3 Å². The van der Waals surface area contributed by atoms with E-state index in [1.54, 1.807) is 49.4 Å². The van der Waals surface area contributed by atoms with Gasteiger partial charge in [0.15, 0.2) is 0 Å². The molecule has 0 spiro atoms. The van der Waals surface area contributed by atoms with Crippen LogP contribution in [0.25, 0.3) is 0 Å². The van der Waals surface area contributed by atoms with Crippen LogP contribution in [-0.2, 0) is 9.09 Å². The Morgan fingerprint density at radius 1 is 1.06 bits per heavy atom. The Bertz CT molecular complexity index is 566. The van der Waals surface area contributed by atoms with E-state index in [9.17, 15) is 9.67 Å². The minimum Gasteiger partial charge on any atom is -0.507 e. The van der Waals surface area contributed by atoms with Gasteiger partial charge in [-0.2, -0.15) is 0 Å². The van der Waals surface area contributed by atoms with Crippen molar-refractivity contribution in [2.45, 2.75) is 6.92 Å². The molecule has 2 aromatic carbocycles. The molecule has 0 bridgehead atoms. The van der Waals surface area contributed by atoms with Crippen LogP contribution in [-0.4, -0.2) is 11.7 Å². The third-order valence-electron chi connectivity index (χ3n) is 2.61. The molecule has 0 aliphatic rings. The van der Waals surface area contributed by atoms with Crippen molar-refractivity contribution < 1.29 is 14.2 Å². The van der Waals surface area contributed by atoms with E-state index in [1.165, 1.54) is 6.07 Å². The molecule has 3 nitrogen and oxygen atoms in total. The van der Waals surface area contributed by atoms with Gasteiger partial charge in [0, 0.05) is 5.30 Å². The lowest BCUT2D eigenvalue weighted by Crippen LogP contribution is -2.18. The summed E-state index contributed by atoms with van der Waals surface area (Å²) in [5.74, 6) is -0.00173. The second-order valence-corrected chi connectivity index (χ2v) is 6.15. The topological polar surface area (TPSA) is 46.5 Å². The zero-order chi connectivity index (χ0) is 13.0. The summed E-state index contributed by atoms with van der Waals surface area (Å²) in [5, 5.41) is 10.8. The second kappa shape index (κ2) is 5.38. The van der Waals surface area contributed by atoms with E-state index in [0.29, 0.717) is 17.2 Å². The maximum Gasteiger partial charge on any atom is 0.264 e. The minimum absolute atomic E-state index is 0.00173. The van der Waals surface area contributed by atoms with Crippen LogP contribution in [0.5, 0.6) is 5.75 Å². The van der Waals surface area contributed by atoms with Crippen molar-refractivity contribution in [3.63, 3.8) is 0 Å². The van der Waals surface area contributed by atoms with Crippen LogP contribution in [0.2, 0.25) is 0 Å². The van der Waals surface area contributed by atoms with Gasteiger partial charge in [0.05, 0.1) is 11.9 Å². The summed E-state index contributed by atoms with van der Waals surface area (Å²) >= 11 is 0. The summed E-state index contributed by atoms with van der Waals surface area (Å²) < 4.78 is 18.5. The number of hydrogen-bond donors (Lipinski definition) is 1. The average molecular weight is 262 g/mol. The molecule has 2 rings (SSSR count). The monoisotopic (exact) mass is 262 g/mol. The molecule has 0 radical (unpaired) electrons. The van der Waals surface area contributed by atoms with Gasteiger partial charge >= 0.3 is 0 Å². The second-order valence-electron chi connectivity index (χ2n) is 3.79. The van der Waals surface area contributed by atoms with Gasteiger partial charge in [0.2, 0.25) is 0 Å². The maximum absolute atomic E-state index is 13.1. The molecule has 0 aliphatic heterocycles. The first kappa shape index (κ1) is 12.9. The molecule has 0 heterocycles. The van der Waals surface area contributed by atoms with E-state index >= 15 is 0 Å². The minimum atomic E-state index is -3.21. The number of aromatic hydroxyl groups is 1. The number of benzene rings is 2. The molecule has 1 atom stereocenters. The quantitative estimate of drug-likeness (QED) is 0.862. The highest BCUT2D eigenvalue weighted by molar-refractivity contribution is 7.74. The molecule has 0 aliphatic carbocycles. The fourth-order valence-electron chi connectivity index (χ4n) is 1.80. The zero-order valence-corrected chi connectivity index (χ0v) is 11.0. The van der Waals surface area contributed by atoms with Crippen LogP contribution in [0.15, 0.2) is 54.6 Å². The van der Waals surface area contributed by atoms with E-state index < -0.39 is 7.37 Å². The average Bonchev–Trinajstić information content (AvgIpc) is 2.40. The number of para-hydroxylation sites is 1. The van der Waals surface area contributed by atoms with Crippen molar-refractivity contribution in [1.29, 1.82) is 0 Å². The summed E-state index contributed by atoms with van der Waals surface area (Å²) in [5.41, 5.74) is 0. The SMILES string of the molecule is CCOP(=O)(c1ccccc1)c1ccccc1O. The number of hydrogen-bond acceptors (Lipinski definition) is 3. The Balaban J connectivity index is 2.59. The lowest BCUT2D eigenvalue weighted by molar-refractivity contribution is 0.347. The summed E-state index contributed by atoms with van der Waals surface area (Å²) in [6, 6.07) is 15.6. The van der Waals surface area contributed by atoms with Crippen LogP contribution in [0.4, 0.5) is 0 Å². The normalized spacial score (nSPS) is 14.1. The van der Waals surface area contributed by atoms with E-state index in [4.69, 9.17) is 4.52 Å². The molecule has 4 heteroatoms. The van der Waals surface area contributed by atoms with Gasteiger partial charge in [-0.3, -0.25) is 4.57 Å². The highest BCUT2D eigenvalue weighted by atomic mass is 31.2. The van der Waals surface area contributed by atoms with Gasteiger partial charge in [0.25, 0.3) is 7.37 Å². The van der Waals surface area contributed by atoms with Crippen LogP contribution in [0.1, 0.15) is 6.92 Å². The third kappa shape index (κ3) is 2.33. The van der Waals surface area contributed by atoms with Crippen LogP contribution in [0.3, 0.4) is 0 Å². The molecule has 18 heavy (non-hydrogen) atoms. The lowest BCUT2D eigenvalue weighted by Gasteiger charge is -2.19.